The summed E-state index contributed by atoms with van der Waals surface area (Å²) in [5.41, 5.74) is 1.43. The van der Waals surface area contributed by atoms with E-state index in [1.54, 1.807) is 25.1 Å². The molecule has 0 N–H and O–H groups in total. The number of oxazole rings is 1. The van der Waals surface area contributed by atoms with Gasteiger partial charge in [-0.1, -0.05) is 11.6 Å². The Hall–Kier alpha value is -1.55. The summed E-state index contributed by atoms with van der Waals surface area (Å²) in [7, 11) is 0. The largest absolute Gasteiger partial charge is 0.466 e. The van der Waals surface area contributed by atoms with E-state index in [0.717, 1.165) is 11.9 Å². The lowest BCUT2D eigenvalue weighted by Gasteiger charge is -1.98. The molecule has 0 amide bonds. The molecule has 2 aromatic rings. The number of halogens is 1. The Kier molecular flexibility index (Phi) is 2.74. The van der Waals surface area contributed by atoms with Crippen molar-refractivity contribution in [2.75, 3.05) is 6.61 Å². The first-order valence-corrected chi connectivity index (χ1v) is 6.29. The lowest BCUT2D eigenvalue weighted by molar-refractivity contribution is -0.144. The molecule has 0 aliphatic heterocycles. The monoisotopic (exact) mass is 265 g/mol. The zero-order valence-corrected chi connectivity index (χ0v) is 10.6. The molecule has 0 bridgehead atoms. The van der Waals surface area contributed by atoms with Crippen LogP contribution in [0.15, 0.2) is 22.6 Å². The Morgan fingerprint density at radius 1 is 1.61 bits per heavy atom. The lowest BCUT2D eigenvalue weighted by Crippen LogP contribution is -2.07. The zero-order chi connectivity index (χ0) is 12.7. The maximum atomic E-state index is 11.5. The molecule has 5 heteroatoms. The first kappa shape index (κ1) is 11.5. The smallest absolute Gasteiger partial charge is 0.309 e. The topological polar surface area (TPSA) is 52.3 Å². The second kappa shape index (κ2) is 4.28. The number of benzene rings is 1. The Morgan fingerprint density at radius 3 is 3.22 bits per heavy atom. The van der Waals surface area contributed by atoms with Gasteiger partial charge in [-0.15, -0.1) is 0 Å². The first-order valence-electron chi connectivity index (χ1n) is 5.91. The van der Waals surface area contributed by atoms with E-state index in [4.69, 9.17) is 20.8 Å². The molecule has 1 aromatic carbocycles. The number of hydrogen-bond donors (Lipinski definition) is 0. The van der Waals surface area contributed by atoms with Crippen molar-refractivity contribution in [3.8, 4) is 0 Å². The van der Waals surface area contributed by atoms with Gasteiger partial charge in [0.1, 0.15) is 5.52 Å². The van der Waals surface area contributed by atoms with E-state index < -0.39 is 0 Å². The van der Waals surface area contributed by atoms with Crippen LogP contribution in [-0.4, -0.2) is 17.6 Å². The fraction of sp³-hybridized carbons (Fsp3) is 0.385. The fourth-order valence-electron chi connectivity index (χ4n) is 2.05. The number of carbonyl (C=O) groups is 1. The van der Waals surface area contributed by atoms with E-state index in [9.17, 15) is 4.79 Å². The predicted octanol–water partition coefficient (Wildman–Crippen LogP) is 3.15. The number of esters is 1. The van der Waals surface area contributed by atoms with Gasteiger partial charge in [0.2, 0.25) is 0 Å². The van der Waals surface area contributed by atoms with E-state index >= 15 is 0 Å². The van der Waals surface area contributed by atoms with E-state index in [0.29, 0.717) is 23.1 Å². The second-order valence-corrected chi connectivity index (χ2v) is 4.80. The van der Waals surface area contributed by atoms with Crippen molar-refractivity contribution in [3.63, 3.8) is 0 Å². The summed E-state index contributed by atoms with van der Waals surface area (Å²) in [6.07, 6.45) is 0.749. The maximum Gasteiger partial charge on any atom is 0.309 e. The number of ether oxygens (including phenoxy) is 1. The maximum absolute atomic E-state index is 11.5. The van der Waals surface area contributed by atoms with Gasteiger partial charge in [0, 0.05) is 10.9 Å². The molecule has 4 nitrogen and oxygen atoms in total. The molecule has 1 aliphatic rings. The fourth-order valence-corrected chi connectivity index (χ4v) is 2.22. The SMILES string of the molecule is CCOC(=O)C1CC1c1nc2cc(Cl)ccc2o1. The van der Waals surface area contributed by atoms with E-state index in [2.05, 4.69) is 4.98 Å². The molecule has 94 valence electrons. The number of nitrogens with zero attached hydrogens (tertiary/aromatic N) is 1. The second-order valence-electron chi connectivity index (χ2n) is 4.36. The minimum Gasteiger partial charge on any atom is -0.466 e. The summed E-state index contributed by atoms with van der Waals surface area (Å²) in [5, 5.41) is 0.625. The summed E-state index contributed by atoms with van der Waals surface area (Å²) in [6, 6.07) is 5.30. The highest BCUT2D eigenvalue weighted by Crippen LogP contribution is 2.48. The zero-order valence-electron chi connectivity index (χ0n) is 9.85. The molecule has 3 rings (SSSR count). The van der Waals surface area contributed by atoms with Gasteiger partial charge >= 0.3 is 5.97 Å². The molecule has 1 saturated carbocycles. The average molecular weight is 266 g/mol. The van der Waals surface area contributed by atoms with Crippen LogP contribution in [0, 0.1) is 5.92 Å². The lowest BCUT2D eigenvalue weighted by atomic mass is 10.3. The minimum atomic E-state index is -0.164. The summed E-state index contributed by atoms with van der Waals surface area (Å²) in [6.45, 7) is 2.21. The highest BCUT2D eigenvalue weighted by Gasteiger charge is 2.48. The van der Waals surface area contributed by atoms with Gasteiger partial charge < -0.3 is 9.15 Å². The Morgan fingerprint density at radius 2 is 2.44 bits per heavy atom. The molecular formula is C13H12ClNO3. The van der Waals surface area contributed by atoms with Crippen LogP contribution in [0.2, 0.25) is 5.02 Å². The average Bonchev–Trinajstić information content (AvgIpc) is 3.03. The van der Waals surface area contributed by atoms with Crippen LogP contribution in [0.25, 0.3) is 11.1 Å². The van der Waals surface area contributed by atoms with Crippen LogP contribution in [0.1, 0.15) is 25.2 Å². The third kappa shape index (κ3) is 1.97. The van der Waals surface area contributed by atoms with Crippen molar-refractivity contribution >= 4 is 28.7 Å². The molecule has 1 aliphatic carbocycles. The van der Waals surface area contributed by atoms with Gasteiger partial charge in [-0.05, 0) is 31.5 Å². The quantitative estimate of drug-likeness (QED) is 0.800. The molecule has 0 spiro atoms. The van der Waals surface area contributed by atoms with Crippen LogP contribution in [-0.2, 0) is 9.53 Å². The van der Waals surface area contributed by atoms with Crippen molar-refractivity contribution in [3.05, 3.63) is 29.1 Å². The van der Waals surface area contributed by atoms with Crippen LogP contribution in [0.4, 0.5) is 0 Å². The Balaban J connectivity index is 1.82. The van der Waals surface area contributed by atoms with E-state index in [1.165, 1.54) is 0 Å². The first-order chi connectivity index (χ1) is 8.69. The highest BCUT2D eigenvalue weighted by atomic mass is 35.5. The van der Waals surface area contributed by atoms with Crippen LogP contribution in [0.3, 0.4) is 0 Å². The van der Waals surface area contributed by atoms with Crippen molar-refractivity contribution in [2.24, 2.45) is 5.92 Å². The molecule has 2 unspecified atom stereocenters. The third-order valence-corrected chi connectivity index (χ3v) is 3.30. The Labute approximate surface area is 109 Å². The van der Waals surface area contributed by atoms with Crippen molar-refractivity contribution in [1.29, 1.82) is 0 Å². The van der Waals surface area contributed by atoms with Gasteiger partial charge in [0.05, 0.1) is 12.5 Å². The van der Waals surface area contributed by atoms with Gasteiger partial charge in [0.25, 0.3) is 0 Å². The van der Waals surface area contributed by atoms with Gasteiger partial charge in [-0.2, -0.15) is 0 Å². The molecular weight excluding hydrogens is 254 g/mol. The normalized spacial score (nSPS) is 22.1. The molecule has 18 heavy (non-hydrogen) atoms. The molecule has 0 saturated heterocycles. The summed E-state index contributed by atoms with van der Waals surface area (Å²) in [4.78, 5) is 15.9. The standard InChI is InChI=1S/C13H12ClNO3/c1-2-17-13(16)9-6-8(9)12-15-10-5-7(14)3-4-11(10)18-12/h3-5,8-9H,2,6H2,1H3. The van der Waals surface area contributed by atoms with Crippen LogP contribution in [0.5, 0.6) is 0 Å². The summed E-state index contributed by atoms with van der Waals surface area (Å²) in [5.74, 6) is 0.386. The Bertz CT molecular complexity index is 607. The molecule has 1 fully saturated rings. The van der Waals surface area contributed by atoms with E-state index in [-0.39, 0.29) is 17.8 Å². The van der Waals surface area contributed by atoms with E-state index in [1.807, 2.05) is 0 Å². The highest BCUT2D eigenvalue weighted by molar-refractivity contribution is 6.31. The van der Waals surface area contributed by atoms with Crippen molar-refractivity contribution < 1.29 is 13.9 Å². The van der Waals surface area contributed by atoms with Crippen LogP contribution >= 0.6 is 11.6 Å². The van der Waals surface area contributed by atoms with Crippen molar-refractivity contribution in [2.45, 2.75) is 19.3 Å². The summed E-state index contributed by atoms with van der Waals surface area (Å²) >= 11 is 5.89. The van der Waals surface area contributed by atoms with Crippen LogP contribution < -0.4 is 0 Å². The number of rotatable bonds is 3. The number of aromatic nitrogens is 1. The third-order valence-electron chi connectivity index (χ3n) is 3.06. The summed E-state index contributed by atoms with van der Waals surface area (Å²) < 4.78 is 10.6. The molecule has 1 aromatic heterocycles. The number of fused-ring (bicyclic) bond motifs is 1. The minimum absolute atomic E-state index is 0.0511. The van der Waals surface area contributed by atoms with Gasteiger partial charge in [-0.3, -0.25) is 4.79 Å². The molecule has 2 atom stereocenters. The number of hydrogen-bond acceptors (Lipinski definition) is 4. The molecule has 1 heterocycles. The number of carbonyl (C=O) groups excluding carboxylic acids is 1. The van der Waals surface area contributed by atoms with Gasteiger partial charge in [-0.25, -0.2) is 4.98 Å². The van der Waals surface area contributed by atoms with Crippen molar-refractivity contribution in [1.82, 2.24) is 4.98 Å². The molecule has 0 radical (unpaired) electrons. The van der Waals surface area contributed by atoms with Gasteiger partial charge in [0.15, 0.2) is 11.5 Å². The predicted molar refractivity (Wildman–Crippen MR) is 66.5 cm³/mol.